The van der Waals surface area contributed by atoms with Crippen LogP contribution in [0.5, 0.6) is 5.75 Å². The normalized spacial score (nSPS) is 43.0. The van der Waals surface area contributed by atoms with Gasteiger partial charge in [-0.1, -0.05) is 20.8 Å². The highest BCUT2D eigenvalue weighted by Gasteiger charge is 2.68. The summed E-state index contributed by atoms with van der Waals surface area (Å²) >= 11 is 0. The van der Waals surface area contributed by atoms with Gasteiger partial charge in [-0.15, -0.1) is 0 Å². The molecule has 6 atom stereocenters. The Kier molecular flexibility index (Phi) is 4.13. The fraction of sp³-hybridized carbons (Fsp3) is 0.682. The average Bonchev–Trinajstić information content (AvgIpc) is 3.10. The molecule has 5 nitrogen and oxygen atoms in total. The summed E-state index contributed by atoms with van der Waals surface area (Å²) in [4.78, 5) is 12.9. The van der Waals surface area contributed by atoms with Crippen LogP contribution in [0.3, 0.4) is 0 Å². The van der Waals surface area contributed by atoms with Crippen molar-refractivity contribution in [1.29, 1.82) is 0 Å². The van der Waals surface area contributed by atoms with Gasteiger partial charge in [-0.3, -0.25) is 0 Å². The van der Waals surface area contributed by atoms with Crippen LogP contribution in [0.4, 0.5) is 0 Å². The Hall–Kier alpha value is -1.59. The first-order valence-corrected chi connectivity index (χ1v) is 9.98. The van der Waals surface area contributed by atoms with E-state index in [9.17, 15) is 15.0 Å². The number of aromatic hydroxyl groups is 1. The van der Waals surface area contributed by atoms with Crippen molar-refractivity contribution in [2.45, 2.75) is 76.8 Å². The van der Waals surface area contributed by atoms with E-state index in [0.29, 0.717) is 12.0 Å². The highest BCUT2D eigenvalue weighted by atomic mass is 16.6. The molecular weight excluding hydrogens is 344 g/mol. The summed E-state index contributed by atoms with van der Waals surface area (Å²) in [7, 11) is 0. The number of hydrogen-bond donors (Lipinski definition) is 2. The highest BCUT2D eigenvalue weighted by Crippen LogP contribution is 2.64. The second-order valence-corrected chi connectivity index (χ2v) is 9.57. The van der Waals surface area contributed by atoms with E-state index in [2.05, 4.69) is 27.7 Å². The van der Waals surface area contributed by atoms with Gasteiger partial charge in [0.1, 0.15) is 11.4 Å². The maximum atomic E-state index is 12.9. The van der Waals surface area contributed by atoms with Gasteiger partial charge in [-0.25, -0.2) is 4.79 Å². The quantitative estimate of drug-likeness (QED) is 0.623. The smallest absolute Gasteiger partial charge is 0.338 e. The second-order valence-electron chi connectivity index (χ2n) is 9.57. The van der Waals surface area contributed by atoms with E-state index in [4.69, 9.17) is 9.47 Å². The molecule has 4 rings (SSSR count). The molecule has 27 heavy (non-hydrogen) atoms. The zero-order valence-corrected chi connectivity index (χ0v) is 16.6. The van der Waals surface area contributed by atoms with Gasteiger partial charge in [-0.2, -0.15) is 0 Å². The highest BCUT2D eigenvalue weighted by molar-refractivity contribution is 5.89. The largest absolute Gasteiger partial charge is 0.508 e. The number of carbonyl (C=O) groups is 1. The lowest BCUT2D eigenvalue weighted by Crippen LogP contribution is -2.52. The minimum Gasteiger partial charge on any atom is -0.508 e. The number of ether oxygens (including phenoxy) is 2. The molecule has 2 aliphatic carbocycles. The van der Waals surface area contributed by atoms with Crippen molar-refractivity contribution in [3.63, 3.8) is 0 Å². The SMILES string of the molecule is CC(C)C1(OC(=O)c2ccc(O)cc2)CCC2(C)CC3OC3(C)CC(O)C21. The molecule has 3 fully saturated rings. The third kappa shape index (κ3) is 2.87. The van der Waals surface area contributed by atoms with Gasteiger partial charge in [0, 0.05) is 12.3 Å². The van der Waals surface area contributed by atoms with Gasteiger partial charge in [0.05, 0.1) is 23.4 Å². The maximum Gasteiger partial charge on any atom is 0.338 e. The predicted octanol–water partition coefficient (Wildman–Crippen LogP) is 3.67. The molecule has 0 radical (unpaired) electrons. The Morgan fingerprint density at radius 1 is 1.19 bits per heavy atom. The minimum absolute atomic E-state index is 0.0863. The lowest BCUT2D eigenvalue weighted by atomic mass is 9.67. The Labute approximate surface area is 160 Å². The lowest BCUT2D eigenvalue weighted by molar-refractivity contribution is -0.124. The van der Waals surface area contributed by atoms with Crippen molar-refractivity contribution in [2.75, 3.05) is 0 Å². The topological polar surface area (TPSA) is 79.3 Å². The molecule has 0 spiro atoms. The molecular formula is C22H30O5. The monoisotopic (exact) mass is 374 g/mol. The molecule has 1 aromatic carbocycles. The standard InChI is InChI=1S/C22H30O5/c1-13(2)22(27-19(25)14-5-7-15(23)8-6-14)10-9-20(3)12-17-21(4,26-17)11-16(24)18(20)22/h5-8,13,16-18,23-24H,9-12H2,1-4H3. The summed E-state index contributed by atoms with van der Waals surface area (Å²) in [5.41, 5.74) is -0.632. The van der Waals surface area contributed by atoms with E-state index >= 15 is 0 Å². The van der Waals surface area contributed by atoms with E-state index in [-0.39, 0.29) is 34.7 Å². The molecule has 148 valence electrons. The van der Waals surface area contributed by atoms with Crippen LogP contribution in [0, 0.1) is 17.3 Å². The first-order chi connectivity index (χ1) is 12.6. The molecule has 0 bridgehead atoms. The lowest BCUT2D eigenvalue weighted by Gasteiger charge is -2.45. The molecule has 0 amide bonds. The average molecular weight is 374 g/mol. The van der Waals surface area contributed by atoms with E-state index in [1.807, 2.05) is 0 Å². The number of phenols is 1. The van der Waals surface area contributed by atoms with Gasteiger partial charge >= 0.3 is 5.97 Å². The number of esters is 1. The molecule has 0 aromatic heterocycles. The minimum atomic E-state index is -0.698. The number of benzene rings is 1. The first-order valence-electron chi connectivity index (χ1n) is 9.98. The number of fused-ring (bicyclic) bond motifs is 2. The number of aliphatic hydroxyl groups is 1. The van der Waals surface area contributed by atoms with Gasteiger partial charge in [0.15, 0.2) is 0 Å². The van der Waals surface area contributed by atoms with Crippen LogP contribution in [-0.2, 0) is 9.47 Å². The first kappa shape index (κ1) is 18.8. The van der Waals surface area contributed by atoms with Crippen LogP contribution < -0.4 is 0 Å². The molecule has 1 saturated heterocycles. The van der Waals surface area contributed by atoms with Crippen molar-refractivity contribution in [2.24, 2.45) is 17.3 Å². The van der Waals surface area contributed by atoms with Crippen LogP contribution >= 0.6 is 0 Å². The Bertz CT molecular complexity index is 744. The van der Waals surface area contributed by atoms with Crippen molar-refractivity contribution in [1.82, 2.24) is 0 Å². The summed E-state index contributed by atoms with van der Waals surface area (Å²) in [5.74, 6) is -0.301. The molecule has 2 saturated carbocycles. The number of carbonyl (C=O) groups excluding carboxylic acids is 1. The van der Waals surface area contributed by atoms with Crippen LogP contribution in [-0.4, -0.2) is 39.6 Å². The number of aliphatic hydroxyl groups excluding tert-OH is 1. The Morgan fingerprint density at radius 3 is 2.48 bits per heavy atom. The van der Waals surface area contributed by atoms with Gasteiger partial charge in [-0.05, 0) is 61.8 Å². The van der Waals surface area contributed by atoms with Crippen LogP contribution in [0.25, 0.3) is 0 Å². The van der Waals surface area contributed by atoms with E-state index < -0.39 is 17.7 Å². The van der Waals surface area contributed by atoms with Crippen molar-refractivity contribution >= 4 is 5.97 Å². The van der Waals surface area contributed by atoms with Crippen LogP contribution in [0.15, 0.2) is 24.3 Å². The Morgan fingerprint density at radius 2 is 1.85 bits per heavy atom. The molecule has 5 heteroatoms. The van der Waals surface area contributed by atoms with Crippen molar-refractivity contribution < 1.29 is 24.5 Å². The van der Waals surface area contributed by atoms with Crippen LogP contribution in [0.1, 0.15) is 63.7 Å². The van der Waals surface area contributed by atoms with Gasteiger partial charge in [0.25, 0.3) is 0 Å². The van der Waals surface area contributed by atoms with E-state index in [1.165, 1.54) is 12.1 Å². The van der Waals surface area contributed by atoms with E-state index in [1.54, 1.807) is 12.1 Å². The molecule has 6 unspecified atom stereocenters. The molecule has 1 aliphatic heterocycles. The number of phenolic OH excluding ortho intramolecular Hbond substituents is 1. The molecule has 2 N–H and O–H groups in total. The summed E-state index contributed by atoms with van der Waals surface area (Å²) in [5, 5.41) is 20.7. The third-order valence-corrected chi connectivity index (χ3v) is 7.41. The zero-order chi connectivity index (χ0) is 19.6. The summed E-state index contributed by atoms with van der Waals surface area (Å²) in [6.07, 6.45) is 2.77. The fourth-order valence-electron chi connectivity index (χ4n) is 5.79. The fourth-order valence-corrected chi connectivity index (χ4v) is 5.79. The van der Waals surface area contributed by atoms with E-state index in [0.717, 1.165) is 19.3 Å². The summed E-state index contributed by atoms with van der Waals surface area (Å²) in [6.45, 7) is 8.44. The molecule has 1 heterocycles. The number of epoxide rings is 1. The van der Waals surface area contributed by atoms with Gasteiger partial charge in [0.2, 0.25) is 0 Å². The van der Waals surface area contributed by atoms with Crippen molar-refractivity contribution in [3.05, 3.63) is 29.8 Å². The molecule has 1 aromatic rings. The maximum absolute atomic E-state index is 12.9. The predicted molar refractivity (Wildman–Crippen MR) is 100 cm³/mol. The number of rotatable bonds is 3. The van der Waals surface area contributed by atoms with Crippen LogP contribution in [0.2, 0.25) is 0 Å². The zero-order valence-electron chi connectivity index (χ0n) is 16.6. The van der Waals surface area contributed by atoms with Gasteiger partial charge < -0.3 is 19.7 Å². The Balaban J connectivity index is 1.67. The molecule has 3 aliphatic rings. The third-order valence-electron chi connectivity index (χ3n) is 7.41. The summed E-state index contributed by atoms with van der Waals surface area (Å²) < 4.78 is 12.1. The van der Waals surface area contributed by atoms with Crippen molar-refractivity contribution in [3.8, 4) is 5.75 Å². The summed E-state index contributed by atoms with van der Waals surface area (Å²) in [6, 6.07) is 6.13. The number of hydrogen-bond acceptors (Lipinski definition) is 5. The second kappa shape index (κ2) is 5.95.